The van der Waals surface area contributed by atoms with Crippen LogP contribution in [0.2, 0.25) is 0 Å². The number of hydrogen-bond donors (Lipinski definition) is 4. The second-order valence-corrected chi connectivity index (χ2v) is 10.4. The van der Waals surface area contributed by atoms with Crippen LogP contribution < -0.4 is 21.3 Å². The average Bonchev–Trinajstić information content (AvgIpc) is 3.55. The molecule has 6 atom stereocenters. The van der Waals surface area contributed by atoms with Crippen LogP contribution in [0.1, 0.15) is 56.9 Å². The van der Waals surface area contributed by atoms with Crippen LogP contribution in [-0.2, 0) is 14.4 Å². The van der Waals surface area contributed by atoms with E-state index in [4.69, 9.17) is 0 Å². The van der Waals surface area contributed by atoms with Gasteiger partial charge in [-0.25, -0.2) is 4.79 Å². The van der Waals surface area contributed by atoms with Gasteiger partial charge in [0.05, 0.1) is 12.6 Å². The molecule has 0 aromatic heterocycles. The van der Waals surface area contributed by atoms with Crippen molar-refractivity contribution in [3.63, 3.8) is 0 Å². The largest absolute Gasteiger partial charge is 0.351 e. The second-order valence-electron chi connectivity index (χ2n) is 10.4. The van der Waals surface area contributed by atoms with Gasteiger partial charge in [-0.15, -0.1) is 0 Å². The molecule has 1 saturated carbocycles. The SMILES string of the molecule is CNC(=O)N1CCC2CCC(C(=O)NC3CCCC3c3ccccc3)N2C(=O)C(NC(=O)C(C)NC)C1. The number of likely N-dealkylation sites (N-methyl/N-ethyl adjacent to an activating group) is 1. The van der Waals surface area contributed by atoms with Gasteiger partial charge in [-0.2, -0.15) is 0 Å². The summed E-state index contributed by atoms with van der Waals surface area (Å²) in [7, 11) is 3.22. The number of nitrogens with zero attached hydrogens (tertiary/aromatic N) is 2. The van der Waals surface area contributed by atoms with Crippen LogP contribution >= 0.6 is 0 Å². The summed E-state index contributed by atoms with van der Waals surface area (Å²) < 4.78 is 0. The summed E-state index contributed by atoms with van der Waals surface area (Å²) in [5.74, 6) is -0.492. The maximum absolute atomic E-state index is 13.9. The Bertz CT molecular complexity index is 988. The van der Waals surface area contributed by atoms with Gasteiger partial charge in [-0.3, -0.25) is 14.4 Å². The lowest BCUT2D eigenvalue weighted by molar-refractivity contribution is -0.145. The lowest BCUT2D eigenvalue weighted by Crippen LogP contribution is -2.63. The third kappa shape index (κ3) is 5.89. The van der Waals surface area contributed by atoms with Crippen molar-refractivity contribution < 1.29 is 19.2 Å². The van der Waals surface area contributed by atoms with E-state index in [2.05, 4.69) is 33.4 Å². The third-order valence-electron chi connectivity index (χ3n) is 8.21. The number of benzene rings is 1. The number of carbonyl (C=O) groups excluding carboxylic acids is 4. The molecule has 0 spiro atoms. The van der Waals surface area contributed by atoms with Gasteiger partial charge in [-0.1, -0.05) is 36.8 Å². The van der Waals surface area contributed by atoms with Crippen molar-refractivity contribution in [3.05, 3.63) is 35.9 Å². The molecule has 2 aliphatic heterocycles. The van der Waals surface area contributed by atoms with Gasteiger partial charge in [0.1, 0.15) is 12.1 Å². The Hall–Kier alpha value is -3.14. The van der Waals surface area contributed by atoms with E-state index < -0.39 is 18.1 Å². The molecule has 10 nitrogen and oxygen atoms in total. The topological polar surface area (TPSA) is 123 Å². The molecule has 0 bridgehead atoms. The van der Waals surface area contributed by atoms with E-state index in [1.807, 2.05) is 18.2 Å². The minimum atomic E-state index is -0.930. The number of amides is 5. The minimum absolute atomic E-state index is 0.0366. The first-order chi connectivity index (χ1) is 17.8. The third-order valence-corrected chi connectivity index (χ3v) is 8.21. The summed E-state index contributed by atoms with van der Waals surface area (Å²) in [6.45, 7) is 2.20. The Morgan fingerprint density at radius 1 is 0.973 bits per heavy atom. The molecule has 4 rings (SSSR count). The maximum atomic E-state index is 13.9. The molecule has 5 amide bonds. The molecule has 1 aromatic carbocycles. The molecule has 6 unspecified atom stereocenters. The predicted molar refractivity (Wildman–Crippen MR) is 140 cm³/mol. The molecule has 3 fully saturated rings. The molecule has 1 aromatic rings. The van der Waals surface area contributed by atoms with Crippen LogP contribution in [0.5, 0.6) is 0 Å². The second kappa shape index (κ2) is 11.9. The van der Waals surface area contributed by atoms with Crippen LogP contribution in [0.4, 0.5) is 4.79 Å². The highest BCUT2D eigenvalue weighted by atomic mass is 16.2. The minimum Gasteiger partial charge on any atom is -0.351 e. The van der Waals surface area contributed by atoms with Crippen LogP contribution in [0, 0.1) is 0 Å². The number of urea groups is 1. The highest BCUT2D eigenvalue weighted by Crippen LogP contribution is 2.35. The molecule has 4 N–H and O–H groups in total. The normalized spacial score (nSPS) is 28.6. The molecule has 3 aliphatic rings. The fraction of sp³-hybridized carbons (Fsp3) is 0.630. The van der Waals surface area contributed by atoms with E-state index in [1.165, 1.54) is 5.56 Å². The molecular weight excluding hydrogens is 472 g/mol. The van der Waals surface area contributed by atoms with Crippen LogP contribution in [0.3, 0.4) is 0 Å². The first-order valence-corrected chi connectivity index (χ1v) is 13.5. The average molecular weight is 513 g/mol. The van der Waals surface area contributed by atoms with E-state index in [-0.39, 0.29) is 48.3 Å². The van der Waals surface area contributed by atoms with Crippen LogP contribution in [0.25, 0.3) is 0 Å². The van der Waals surface area contributed by atoms with Gasteiger partial charge < -0.3 is 31.1 Å². The Labute approximate surface area is 218 Å². The zero-order valence-corrected chi connectivity index (χ0v) is 22.0. The Morgan fingerprint density at radius 2 is 1.73 bits per heavy atom. The fourth-order valence-corrected chi connectivity index (χ4v) is 6.02. The van der Waals surface area contributed by atoms with Crippen molar-refractivity contribution in [2.45, 2.75) is 81.6 Å². The molecule has 1 aliphatic carbocycles. The van der Waals surface area contributed by atoms with Crippen molar-refractivity contribution in [1.29, 1.82) is 0 Å². The Balaban J connectivity index is 1.52. The molecule has 2 saturated heterocycles. The van der Waals surface area contributed by atoms with E-state index >= 15 is 0 Å². The zero-order chi connectivity index (χ0) is 26.5. The van der Waals surface area contributed by atoms with Crippen molar-refractivity contribution in [2.24, 2.45) is 0 Å². The maximum Gasteiger partial charge on any atom is 0.317 e. The number of fused-ring (bicyclic) bond motifs is 1. The molecular formula is C27H40N6O4. The fourth-order valence-electron chi connectivity index (χ4n) is 6.02. The number of carbonyl (C=O) groups is 4. The van der Waals surface area contributed by atoms with Gasteiger partial charge in [-0.05, 0) is 51.6 Å². The van der Waals surface area contributed by atoms with Gasteiger partial charge in [0.15, 0.2) is 0 Å². The monoisotopic (exact) mass is 512 g/mol. The molecule has 2 heterocycles. The van der Waals surface area contributed by atoms with Gasteiger partial charge in [0.2, 0.25) is 17.7 Å². The van der Waals surface area contributed by atoms with E-state index in [9.17, 15) is 19.2 Å². The molecule has 202 valence electrons. The summed E-state index contributed by atoms with van der Waals surface area (Å²) in [5, 5.41) is 11.6. The van der Waals surface area contributed by atoms with E-state index in [0.717, 1.165) is 19.3 Å². The summed E-state index contributed by atoms with van der Waals surface area (Å²) in [6, 6.07) is 7.84. The van der Waals surface area contributed by atoms with Crippen LogP contribution in [0.15, 0.2) is 30.3 Å². The summed E-state index contributed by atoms with van der Waals surface area (Å²) in [6.07, 6.45) is 4.83. The number of rotatable bonds is 6. The summed E-state index contributed by atoms with van der Waals surface area (Å²) >= 11 is 0. The van der Waals surface area contributed by atoms with E-state index in [1.54, 1.807) is 30.8 Å². The first-order valence-electron chi connectivity index (χ1n) is 13.5. The summed E-state index contributed by atoms with van der Waals surface area (Å²) in [4.78, 5) is 55.9. The van der Waals surface area contributed by atoms with Crippen molar-refractivity contribution in [3.8, 4) is 0 Å². The smallest absolute Gasteiger partial charge is 0.317 e. The number of nitrogens with one attached hydrogen (secondary N) is 4. The lowest BCUT2D eigenvalue weighted by atomic mass is 9.94. The van der Waals surface area contributed by atoms with Gasteiger partial charge in [0.25, 0.3) is 0 Å². The first kappa shape index (κ1) is 26.9. The molecule has 37 heavy (non-hydrogen) atoms. The Morgan fingerprint density at radius 3 is 2.43 bits per heavy atom. The van der Waals surface area contributed by atoms with Crippen LogP contribution in [-0.4, -0.2) is 90.9 Å². The lowest BCUT2D eigenvalue weighted by Gasteiger charge is -2.39. The van der Waals surface area contributed by atoms with Gasteiger partial charge in [0, 0.05) is 31.6 Å². The molecule has 0 radical (unpaired) electrons. The highest BCUT2D eigenvalue weighted by molar-refractivity contribution is 5.94. The molecule has 10 heteroatoms. The quantitative estimate of drug-likeness (QED) is 0.452. The van der Waals surface area contributed by atoms with Crippen molar-refractivity contribution >= 4 is 23.8 Å². The number of hydrogen-bond acceptors (Lipinski definition) is 5. The van der Waals surface area contributed by atoms with Crippen molar-refractivity contribution in [1.82, 2.24) is 31.1 Å². The predicted octanol–water partition coefficient (Wildman–Crippen LogP) is 0.936. The summed E-state index contributed by atoms with van der Waals surface area (Å²) in [5.41, 5.74) is 1.23. The zero-order valence-electron chi connectivity index (χ0n) is 22.0. The van der Waals surface area contributed by atoms with E-state index in [0.29, 0.717) is 25.8 Å². The standard InChI is InChI=1S/C27H40N6O4/c1-17(28-2)24(34)31-22-16-32(27(37)29-3)15-14-19-12-13-23(33(19)26(22)36)25(35)30-21-11-7-10-20(21)18-8-5-4-6-9-18/h4-6,8-9,17,19-23,28H,7,10-16H2,1-3H3,(H,29,37)(H,30,35)(H,31,34). The van der Waals surface area contributed by atoms with Crippen molar-refractivity contribution in [2.75, 3.05) is 27.2 Å². The van der Waals surface area contributed by atoms with Gasteiger partial charge >= 0.3 is 6.03 Å². The Kier molecular flexibility index (Phi) is 8.68. The highest BCUT2D eigenvalue weighted by Gasteiger charge is 2.46.